The number of allylic oxidation sites excluding steroid dienone is 3. The van der Waals surface area contributed by atoms with Crippen LogP contribution in [0.2, 0.25) is 0 Å². The first-order valence-electron chi connectivity index (χ1n) is 5.10. The smallest absolute Gasteiger partial charge is 0.0985 e. The molecule has 1 heterocycles. The molecule has 0 aromatic carbocycles. The van der Waals surface area contributed by atoms with Crippen LogP contribution in [0.3, 0.4) is 0 Å². The maximum Gasteiger partial charge on any atom is 0.0985 e. The zero-order valence-electron chi connectivity index (χ0n) is 9.11. The van der Waals surface area contributed by atoms with Gasteiger partial charge in [-0.2, -0.15) is 5.26 Å². The maximum atomic E-state index is 8.47. The number of aromatic nitrogens is 1. The summed E-state index contributed by atoms with van der Waals surface area (Å²) in [5, 5.41) is 8.47. The monoisotopic (exact) mass is 200 g/mol. The van der Waals surface area contributed by atoms with E-state index in [0.717, 1.165) is 19.4 Å². The van der Waals surface area contributed by atoms with Crippen LogP contribution in [-0.2, 0) is 6.54 Å². The summed E-state index contributed by atoms with van der Waals surface area (Å²) in [4.78, 5) is 0. The van der Waals surface area contributed by atoms with E-state index >= 15 is 0 Å². The van der Waals surface area contributed by atoms with E-state index in [1.165, 1.54) is 5.56 Å². The Kier molecular flexibility index (Phi) is 4.43. The molecule has 0 atom stereocenters. The van der Waals surface area contributed by atoms with Gasteiger partial charge in [0, 0.05) is 24.5 Å². The van der Waals surface area contributed by atoms with Gasteiger partial charge in [0.1, 0.15) is 0 Å². The van der Waals surface area contributed by atoms with Gasteiger partial charge in [-0.25, -0.2) is 0 Å². The number of hydrogen-bond donors (Lipinski definition) is 0. The van der Waals surface area contributed by atoms with Crippen LogP contribution >= 0.6 is 0 Å². The zero-order chi connectivity index (χ0) is 11.1. The second-order valence-electron chi connectivity index (χ2n) is 3.61. The van der Waals surface area contributed by atoms with Gasteiger partial charge >= 0.3 is 0 Å². The lowest BCUT2D eigenvalue weighted by Gasteiger charge is -1.99. The molecule has 15 heavy (non-hydrogen) atoms. The molecule has 1 aromatic rings. The van der Waals surface area contributed by atoms with Crippen LogP contribution in [-0.4, -0.2) is 4.57 Å². The summed E-state index contributed by atoms with van der Waals surface area (Å²) in [5.74, 6) is 0. The van der Waals surface area contributed by atoms with Crippen LogP contribution in [0.4, 0.5) is 0 Å². The van der Waals surface area contributed by atoms with E-state index in [0.29, 0.717) is 5.57 Å². The molecule has 0 saturated carbocycles. The van der Waals surface area contributed by atoms with Crippen molar-refractivity contribution < 1.29 is 0 Å². The lowest BCUT2D eigenvalue weighted by Crippen LogP contribution is -1.92. The van der Waals surface area contributed by atoms with E-state index in [-0.39, 0.29) is 0 Å². The zero-order valence-corrected chi connectivity index (χ0v) is 9.11. The number of nitrogens with zero attached hydrogens (tertiary/aromatic N) is 2. The minimum absolute atomic E-state index is 0.520. The summed E-state index contributed by atoms with van der Waals surface area (Å²) in [7, 11) is 0. The van der Waals surface area contributed by atoms with Crippen molar-refractivity contribution in [1.29, 1.82) is 5.26 Å². The molecule has 0 unspecified atom stereocenters. The number of nitriles is 1. The van der Waals surface area contributed by atoms with Crippen molar-refractivity contribution >= 4 is 0 Å². The first-order valence-corrected chi connectivity index (χ1v) is 5.10. The van der Waals surface area contributed by atoms with Gasteiger partial charge in [-0.1, -0.05) is 12.7 Å². The summed E-state index contributed by atoms with van der Waals surface area (Å²) >= 11 is 0. The van der Waals surface area contributed by atoms with Crippen LogP contribution in [0, 0.1) is 18.3 Å². The third-order valence-electron chi connectivity index (χ3n) is 2.15. The van der Waals surface area contributed by atoms with Gasteiger partial charge < -0.3 is 4.57 Å². The Morgan fingerprint density at radius 2 is 2.47 bits per heavy atom. The molecule has 2 nitrogen and oxygen atoms in total. The van der Waals surface area contributed by atoms with Gasteiger partial charge in [-0.15, -0.1) is 0 Å². The second-order valence-corrected chi connectivity index (χ2v) is 3.61. The summed E-state index contributed by atoms with van der Waals surface area (Å²) < 4.78 is 2.18. The fourth-order valence-corrected chi connectivity index (χ4v) is 1.35. The highest BCUT2D eigenvalue weighted by atomic mass is 14.9. The molecule has 78 valence electrons. The van der Waals surface area contributed by atoms with Crippen molar-refractivity contribution in [2.75, 3.05) is 0 Å². The number of aryl methyl sites for hydroxylation is 2. The SMILES string of the molecule is C=C(C#N)/C=C/CCCn1ccc(C)c1. The predicted octanol–water partition coefficient (Wildman–Crippen LogP) is 3.21. The Bertz CT molecular complexity index is 391. The Balaban J connectivity index is 2.20. The molecule has 0 aliphatic heterocycles. The predicted molar refractivity (Wildman–Crippen MR) is 62.3 cm³/mol. The average Bonchev–Trinajstić information content (AvgIpc) is 2.63. The Morgan fingerprint density at radius 3 is 3.07 bits per heavy atom. The summed E-state index contributed by atoms with van der Waals surface area (Å²) in [5.41, 5.74) is 1.82. The molecule has 0 saturated heterocycles. The van der Waals surface area contributed by atoms with E-state index < -0.39 is 0 Å². The van der Waals surface area contributed by atoms with Crippen LogP contribution < -0.4 is 0 Å². The molecule has 0 aliphatic rings. The first kappa shape index (κ1) is 11.3. The standard InChI is InChI=1S/C13H16N2/c1-12(10-14)6-4-3-5-8-15-9-7-13(2)11-15/h4,6-7,9,11H,1,3,5,8H2,2H3/b6-4+. The van der Waals surface area contributed by atoms with E-state index in [4.69, 9.17) is 5.26 Å². The van der Waals surface area contributed by atoms with Gasteiger partial charge in [0.05, 0.1) is 6.07 Å². The number of hydrogen-bond acceptors (Lipinski definition) is 1. The molecule has 1 aromatic heterocycles. The van der Waals surface area contributed by atoms with Crippen molar-refractivity contribution in [3.63, 3.8) is 0 Å². The molecule has 0 fully saturated rings. The van der Waals surface area contributed by atoms with Gasteiger partial charge in [0.25, 0.3) is 0 Å². The lowest BCUT2D eigenvalue weighted by molar-refractivity contribution is 0.653. The molecule has 0 amide bonds. The van der Waals surface area contributed by atoms with Gasteiger partial charge in [0.15, 0.2) is 0 Å². The fourth-order valence-electron chi connectivity index (χ4n) is 1.35. The topological polar surface area (TPSA) is 28.7 Å². The summed E-state index contributed by atoms with van der Waals surface area (Å²) in [6.07, 6.45) is 10.1. The average molecular weight is 200 g/mol. The summed E-state index contributed by atoms with van der Waals surface area (Å²) in [6, 6.07) is 4.09. The van der Waals surface area contributed by atoms with Crippen molar-refractivity contribution in [3.8, 4) is 6.07 Å². The lowest BCUT2D eigenvalue weighted by atomic mass is 10.2. The minimum atomic E-state index is 0.520. The molecule has 0 N–H and O–H groups in total. The van der Waals surface area contributed by atoms with Crippen molar-refractivity contribution in [3.05, 3.63) is 48.3 Å². The van der Waals surface area contributed by atoms with Gasteiger partial charge in [0.2, 0.25) is 0 Å². The molecular weight excluding hydrogens is 184 g/mol. The van der Waals surface area contributed by atoms with Gasteiger partial charge in [-0.05, 0) is 37.5 Å². The highest BCUT2D eigenvalue weighted by molar-refractivity contribution is 5.28. The van der Waals surface area contributed by atoms with Crippen LogP contribution in [0.5, 0.6) is 0 Å². The fraction of sp³-hybridized carbons (Fsp3) is 0.308. The molecule has 2 heteroatoms. The molecule has 0 radical (unpaired) electrons. The van der Waals surface area contributed by atoms with E-state index in [1.807, 2.05) is 12.1 Å². The molecule has 0 bridgehead atoms. The largest absolute Gasteiger partial charge is 0.354 e. The summed E-state index contributed by atoms with van der Waals surface area (Å²) in [6.45, 7) is 6.69. The Labute approximate surface area is 91.1 Å². The van der Waals surface area contributed by atoms with E-state index in [9.17, 15) is 0 Å². The van der Waals surface area contributed by atoms with Crippen molar-refractivity contribution in [2.24, 2.45) is 0 Å². The van der Waals surface area contributed by atoms with E-state index in [2.05, 4.69) is 36.5 Å². The first-order chi connectivity index (χ1) is 7.22. The normalized spacial score (nSPS) is 10.4. The molecular formula is C13H16N2. The quantitative estimate of drug-likeness (QED) is 0.407. The van der Waals surface area contributed by atoms with Gasteiger partial charge in [-0.3, -0.25) is 0 Å². The number of unbranched alkanes of at least 4 members (excludes halogenated alkanes) is 1. The molecule has 1 rings (SSSR count). The Hall–Kier alpha value is -1.75. The van der Waals surface area contributed by atoms with Crippen molar-refractivity contribution in [2.45, 2.75) is 26.3 Å². The third kappa shape index (κ3) is 4.33. The van der Waals surface area contributed by atoms with Crippen LogP contribution in [0.1, 0.15) is 18.4 Å². The van der Waals surface area contributed by atoms with E-state index in [1.54, 1.807) is 6.08 Å². The molecule has 0 spiro atoms. The molecule has 0 aliphatic carbocycles. The minimum Gasteiger partial charge on any atom is -0.354 e. The maximum absolute atomic E-state index is 8.47. The van der Waals surface area contributed by atoms with Crippen LogP contribution in [0.15, 0.2) is 42.8 Å². The highest BCUT2D eigenvalue weighted by Crippen LogP contribution is 2.02. The Morgan fingerprint density at radius 1 is 1.67 bits per heavy atom. The number of rotatable bonds is 5. The van der Waals surface area contributed by atoms with Crippen LogP contribution in [0.25, 0.3) is 0 Å². The second kappa shape index (κ2) is 5.87. The third-order valence-corrected chi connectivity index (χ3v) is 2.15. The van der Waals surface area contributed by atoms with Crippen molar-refractivity contribution in [1.82, 2.24) is 4.57 Å². The highest BCUT2D eigenvalue weighted by Gasteiger charge is 1.91.